The zero-order valence-electron chi connectivity index (χ0n) is 9.35. The van der Waals surface area contributed by atoms with Crippen molar-refractivity contribution in [3.05, 3.63) is 35.1 Å². The smallest absolute Gasteiger partial charge is 0.314 e. The lowest BCUT2D eigenvalue weighted by molar-refractivity contribution is -0.137. The highest BCUT2D eigenvalue weighted by Gasteiger charge is 2.31. The minimum Gasteiger partial charge on any atom is -0.314 e. The lowest BCUT2D eigenvalue weighted by Gasteiger charge is -2.25. The van der Waals surface area contributed by atoms with Crippen LogP contribution in [0.15, 0.2) is 18.2 Å². The van der Waals surface area contributed by atoms with E-state index in [9.17, 15) is 17.6 Å². The van der Waals surface area contributed by atoms with Crippen molar-refractivity contribution in [2.75, 3.05) is 19.6 Å². The first-order valence-corrected chi connectivity index (χ1v) is 5.29. The van der Waals surface area contributed by atoms with Crippen LogP contribution >= 0.6 is 12.4 Å². The molecule has 0 spiro atoms. The molecule has 0 amide bonds. The van der Waals surface area contributed by atoms with Gasteiger partial charge in [-0.2, -0.15) is 13.2 Å². The van der Waals surface area contributed by atoms with Crippen LogP contribution < -0.4 is 10.6 Å². The maximum absolute atomic E-state index is 13.6. The molecule has 2 N–H and O–H groups in total. The second-order valence-corrected chi connectivity index (χ2v) is 3.94. The fraction of sp³-hybridized carbons (Fsp3) is 0.455. The van der Waals surface area contributed by atoms with Crippen molar-refractivity contribution in [2.45, 2.75) is 12.2 Å². The Labute approximate surface area is 108 Å². The van der Waals surface area contributed by atoms with E-state index in [1.807, 2.05) is 0 Å². The largest absolute Gasteiger partial charge is 0.416 e. The summed E-state index contributed by atoms with van der Waals surface area (Å²) in [6, 6.07) is 2.38. The van der Waals surface area contributed by atoms with Gasteiger partial charge < -0.3 is 10.6 Å². The maximum Gasteiger partial charge on any atom is 0.416 e. The minimum absolute atomic E-state index is 0. The van der Waals surface area contributed by atoms with E-state index in [2.05, 4.69) is 10.6 Å². The first-order valence-electron chi connectivity index (χ1n) is 5.29. The van der Waals surface area contributed by atoms with Crippen LogP contribution in [0.5, 0.6) is 0 Å². The average molecular weight is 285 g/mol. The first-order chi connectivity index (χ1) is 7.98. The summed E-state index contributed by atoms with van der Waals surface area (Å²) in [6.45, 7) is 1.96. The molecule has 1 heterocycles. The monoisotopic (exact) mass is 284 g/mol. The number of alkyl halides is 3. The van der Waals surface area contributed by atoms with E-state index in [1.165, 1.54) is 6.07 Å². The highest BCUT2D eigenvalue weighted by molar-refractivity contribution is 5.85. The minimum atomic E-state index is -4.50. The molecule has 1 aromatic carbocycles. The molecule has 0 saturated carbocycles. The van der Waals surface area contributed by atoms with Gasteiger partial charge in [0.1, 0.15) is 5.82 Å². The molecule has 2 rings (SSSR count). The number of hydrogen-bond donors (Lipinski definition) is 2. The highest BCUT2D eigenvalue weighted by Crippen LogP contribution is 2.31. The molecule has 18 heavy (non-hydrogen) atoms. The Morgan fingerprint density at radius 1 is 1.17 bits per heavy atom. The van der Waals surface area contributed by atoms with E-state index < -0.39 is 17.6 Å². The SMILES string of the molecule is Cl.Fc1cc(C(F)(F)F)ccc1[C@@H]1CNCCN1. The Kier molecular flexibility index (Phi) is 4.95. The molecular formula is C11H13ClF4N2. The van der Waals surface area contributed by atoms with Crippen molar-refractivity contribution >= 4 is 12.4 Å². The molecule has 102 valence electrons. The summed E-state index contributed by atoms with van der Waals surface area (Å²) in [4.78, 5) is 0. The molecule has 1 fully saturated rings. The van der Waals surface area contributed by atoms with Gasteiger partial charge in [0.2, 0.25) is 0 Å². The van der Waals surface area contributed by atoms with Crippen LogP contribution in [0.3, 0.4) is 0 Å². The Balaban J connectivity index is 0.00000162. The van der Waals surface area contributed by atoms with Crippen LogP contribution in [0, 0.1) is 5.82 Å². The zero-order chi connectivity index (χ0) is 12.5. The van der Waals surface area contributed by atoms with Crippen molar-refractivity contribution < 1.29 is 17.6 Å². The van der Waals surface area contributed by atoms with E-state index in [0.717, 1.165) is 12.6 Å². The van der Waals surface area contributed by atoms with Crippen molar-refractivity contribution in [1.29, 1.82) is 0 Å². The van der Waals surface area contributed by atoms with Gasteiger partial charge >= 0.3 is 6.18 Å². The molecule has 1 aliphatic rings. The van der Waals surface area contributed by atoms with E-state index in [4.69, 9.17) is 0 Å². The van der Waals surface area contributed by atoms with Gasteiger partial charge in [-0.1, -0.05) is 6.07 Å². The van der Waals surface area contributed by atoms with E-state index >= 15 is 0 Å². The quantitative estimate of drug-likeness (QED) is 0.774. The van der Waals surface area contributed by atoms with E-state index in [-0.39, 0.29) is 24.0 Å². The number of benzene rings is 1. The number of hydrogen-bond acceptors (Lipinski definition) is 2. The molecule has 1 aliphatic heterocycles. The topological polar surface area (TPSA) is 24.1 Å². The van der Waals surface area contributed by atoms with Crippen LogP contribution in [-0.4, -0.2) is 19.6 Å². The number of rotatable bonds is 1. The number of piperazine rings is 1. The Morgan fingerprint density at radius 2 is 1.89 bits per heavy atom. The molecule has 2 nitrogen and oxygen atoms in total. The summed E-state index contributed by atoms with van der Waals surface area (Å²) < 4.78 is 50.6. The molecular weight excluding hydrogens is 272 g/mol. The van der Waals surface area contributed by atoms with Crippen molar-refractivity contribution in [3.63, 3.8) is 0 Å². The highest BCUT2D eigenvalue weighted by atomic mass is 35.5. The third-order valence-corrected chi connectivity index (χ3v) is 2.74. The summed E-state index contributed by atoms with van der Waals surface area (Å²) in [6.07, 6.45) is -4.50. The van der Waals surface area contributed by atoms with Gasteiger partial charge in [-0.25, -0.2) is 4.39 Å². The first kappa shape index (κ1) is 15.2. The third-order valence-electron chi connectivity index (χ3n) is 2.74. The fourth-order valence-electron chi connectivity index (χ4n) is 1.86. The second-order valence-electron chi connectivity index (χ2n) is 3.94. The maximum atomic E-state index is 13.6. The van der Waals surface area contributed by atoms with Crippen LogP contribution in [0.25, 0.3) is 0 Å². The van der Waals surface area contributed by atoms with Gasteiger partial charge in [0.15, 0.2) is 0 Å². The Morgan fingerprint density at radius 3 is 2.39 bits per heavy atom. The van der Waals surface area contributed by atoms with Crippen LogP contribution in [0.1, 0.15) is 17.2 Å². The van der Waals surface area contributed by atoms with Gasteiger partial charge in [0.25, 0.3) is 0 Å². The number of nitrogens with one attached hydrogen (secondary N) is 2. The standard InChI is InChI=1S/C11H12F4N2.ClH/c12-9-5-7(11(13,14)15)1-2-8(9)10-6-16-3-4-17-10;/h1-2,5,10,16-17H,3-4,6H2;1H/t10-;/m0./s1. The van der Waals surface area contributed by atoms with Gasteiger partial charge in [0.05, 0.1) is 5.56 Å². The normalized spacial score (nSPS) is 20.3. The Hall–Kier alpha value is -0.850. The molecule has 1 atom stereocenters. The van der Waals surface area contributed by atoms with Crippen molar-refractivity contribution in [2.24, 2.45) is 0 Å². The molecule has 0 aliphatic carbocycles. The molecule has 0 unspecified atom stereocenters. The molecule has 1 saturated heterocycles. The van der Waals surface area contributed by atoms with Crippen LogP contribution in [-0.2, 0) is 6.18 Å². The average Bonchev–Trinajstić information content (AvgIpc) is 2.29. The van der Waals surface area contributed by atoms with Crippen molar-refractivity contribution in [1.82, 2.24) is 10.6 Å². The van der Waals surface area contributed by atoms with Gasteiger partial charge in [-0.05, 0) is 12.1 Å². The summed E-state index contributed by atoms with van der Waals surface area (Å²) in [5.41, 5.74) is -0.687. The summed E-state index contributed by atoms with van der Waals surface area (Å²) in [7, 11) is 0. The molecule has 0 radical (unpaired) electrons. The third kappa shape index (κ3) is 3.34. The lowest BCUT2D eigenvalue weighted by Crippen LogP contribution is -2.43. The summed E-state index contributed by atoms with van der Waals surface area (Å²) in [5.74, 6) is -0.818. The number of halogens is 5. The Bertz CT molecular complexity index is 403. The van der Waals surface area contributed by atoms with Crippen LogP contribution in [0.4, 0.5) is 17.6 Å². The van der Waals surface area contributed by atoms with Crippen molar-refractivity contribution in [3.8, 4) is 0 Å². The van der Waals surface area contributed by atoms with E-state index in [1.54, 1.807) is 0 Å². The zero-order valence-corrected chi connectivity index (χ0v) is 10.2. The molecule has 7 heteroatoms. The predicted molar refractivity (Wildman–Crippen MR) is 62.3 cm³/mol. The van der Waals surface area contributed by atoms with Gasteiger partial charge in [-0.3, -0.25) is 0 Å². The lowest BCUT2D eigenvalue weighted by atomic mass is 10.0. The molecule has 0 bridgehead atoms. The molecule has 0 aromatic heterocycles. The summed E-state index contributed by atoms with van der Waals surface area (Å²) >= 11 is 0. The molecule has 1 aromatic rings. The van der Waals surface area contributed by atoms with Gasteiger partial charge in [0, 0.05) is 31.2 Å². The second kappa shape index (κ2) is 5.86. The van der Waals surface area contributed by atoms with Crippen LogP contribution in [0.2, 0.25) is 0 Å². The van der Waals surface area contributed by atoms with E-state index in [0.29, 0.717) is 19.2 Å². The predicted octanol–water partition coefficient (Wildman–Crippen LogP) is 2.50. The fourth-order valence-corrected chi connectivity index (χ4v) is 1.86. The summed E-state index contributed by atoms with van der Waals surface area (Å²) in [5, 5.41) is 6.10. The van der Waals surface area contributed by atoms with Gasteiger partial charge in [-0.15, -0.1) is 12.4 Å².